The minimum absolute atomic E-state index is 0.0589. The van der Waals surface area contributed by atoms with Crippen LogP contribution < -0.4 is 4.90 Å². The van der Waals surface area contributed by atoms with Gasteiger partial charge >= 0.3 is 0 Å². The Morgan fingerprint density at radius 3 is 2.74 bits per heavy atom. The smallest absolute Gasteiger partial charge is 0.227 e. The van der Waals surface area contributed by atoms with Crippen molar-refractivity contribution >= 4 is 11.7 Å². The molecule has 5 rings (SSSR count). The molecule has 0 bridgehead atoms. The number of hydrogen-bond donors (Lipinski definition) is 0. The van der Waals surface area contributed by atoms with E-state index in [2.05, 4.69) is 11.0 Å². The van der Waals surface area contributed by atoms with Gasteiger partial charge in [-0.25, -0.2) is 9.37 Å². The van der Waals surface area contributed by atoms with Crippen LogP contribution >= 0.6 is 0 Å². The molecule has 6 nitrogen and oxygen atoms in total. The van der Waals surface area contributed by atoms with Crippen molar-refractivity contribution in [3.63, 3.8) is 0 Å². The topological polar surface area (TPSA) is 69.5 Å². The Kier molecular flexibility index (Phi) is 7.01. The third-order valence-electron chi connectivity index (χ3n) is 7.82. The second-order valence-corrected chi connectivity index (χ2v) is 10.1. The fourth-order valence-corrected chi connectivity index (χ4v) is 5.95. The van der Waals surface area contributed by atoms with Gasteiger partial charge in [0.1, 0.15) is 17.7 Å². The maximum Gasteiger partial charge on any atom is 0.227 e. The van der Waals surface area contributed by atoms with Crippen LogP contribution in [0.25, 0.3) is 0 Å². The zero-order chi connectivity index (χ0) is 24.4. The number of halogens is 1. The standard InChI is InChI=1S/C28H33FN4O2/c1-19-17-32(12-13-33(19)26(34)15-21-9-5-6-10-25(21)29)28-23(16-30)22-11-14-35-18-24(22)27(31-28)20-7-3-2-4-8-20/h5-6,9-10,19-20H,2-4,7-8,11-15,17-18H2,1H3. The van der Waals surface area contributed by atoms with E-state index in [9.17, 15) is 14.4 Å². The molecule has 1 aromatic carbocycles. The van der Waals surface area contributed by atoms with Crippen LogP contribution in [0.2, 0.25) is 0 Å². The quantitative estimate of drug-likeness (QED) is 0.650. The second-order valence-electron chi connectivity index (χ2n) is 10.1. The van der Waals surface area contributed by atoms with Gasteiger partial charge < -0.3 is 14.5 Å². The maximum absolute atomic E-state index is 14.1. The lowest BCUT2D eigenvalue weighted by molar-refractivity contribution is -0.132. The van der Waals surface area contributed by atoms with E-state index in [4.69, 9.17) is 9.72 Å². The number of carbonyl (C=O) groups is 1. The number of carbonyl (C=O) groups excluding carboxylic acids is 1. The molecule has 2 aliphatic heterocycles. The molecule has 35 heavy (non-hydrogen) atoms. The van der Waals surface area contributed by atoms with Crippen molar-refractivity contribution < 1.29 is 13.9 Å². The molecule has 7 heteroatoms. The summed E-state index contributed by atoms with van der Waals surface area (Å²) in [4.78, 5) is 22.2. The van der Waals surface area contributed by atoms with Crippen LogP contribution in [0.4, 0.5) is 10.2 Å². The first-order valence-electron chi connectivity index (χ1n) is 12.9. The lowest BCUT2D eigenvalue weighted by Gasteiger charge is -2.41. The van der Waals surface area contributed by atoms with Crippen molar-refractivity contribution in [2.45, 2.75) is 70.4 Å². The summed E-state index contributed by atoms with van der Waals surface area (Å²) >= 11 is 0. The summed E-state index contributed by atoms with van der Waals surface area (Å²) in [6, 6.07) is 8.85. The fraction of sp³-hybridized carbons (Fsp3) is 0.536. The van der Waals surface area contributed by atoms with Crippen molar-refractivity contribution in [1.29, 1.82) is 5.26 Å². The molecule has 184 valence electrons. The molecule has 0 spiro atoms. The van der Waals surface area contributed by atoms with Gasteiger partial charge in [0.25, 0.3) is 0 Å². The number of benzene rings is 1. The van der Waals surface area contributed by atoms with Crippen LogP contribution in [-0.2, 0) is 29.0 Å². The zero-order valence-corrected chi connectivity index (χ0v) is 20.4. The number of anilines is 1. The van der Waals surface area contributed by atoms with E-state index >= 15 is 0 Å². The summed E-state index contributed by atoms with van der Waals surface area (Å²) in [6.45, 7) is 4.92. The highest BCUT2D eigenvalue weighted by Gasteiger charge is 2.33. The Bertz CT molecular complexity index is 1140. The number of aromatic nitrogens is 1. The Labute approximate surface area is 206 Å². The predicted molar refractivity (Wildman–Crippen MR) is 132 cm³/mol. The Balaban J connectivity index is 1.40. The van der Waals surface area contributed by atoms with Crippen LogP contribution in [0.3, 0.4) is 0 Å². The van der Waals surface area contributed by atoms with Gasteiger partial charge in [-0.1, -0.05) is 37.5 Å². The average molecular weight is 477 g/mol. The number of rotatable bonds is 4. The lowest BCUT2D eigenvalue weighted by atomic mass is 9.82. The number of nitrogens with zero attached hydrogens (tertiary/aromatic N) is 4. The highest BCUT2D eigenvalue weighted by atomic mass is 19.1. The van der Waals surface area contributed by atoms with Crippen LogP contribution in [-0.4, -0.2) is 48.1 Å². The molecular formula is C28H33FN4O2. The largest absolute Gasteiger partial charge is 0.376 e. The van der Waals surface area contributed by atoms with Gasteiger partial charge in [0.05, 0.1) is 30.9 Å². The first kappa shape index (κ1) is 23.7. The second kappa shape index (κ2) is 10.3. The maximum atomic E-state index is 14.1. The summed E-state index contributed by atoms with van der Waals surface area (Å²) in [5, 5.41) is 10.1. The fourth-order valence-electron chi connectivity index (χ4n) is 5.95. The molecule has 0 radical (unpaired) electrons. The van der Waals surface area contributed by atoms with E-state index in [1.165, 1.54) is 25.3 Å². The van der Waals surface area contributed by atoms with E-state index < -0.39 is 0 Å². The van der Waals surface area contributed by atoms with Gasteiger partial charge in [-0.15, -0.1) is 0 Å². The lowest BCUT2D eigenvalue weighted by Crippen LogP contribution is -2.55. The molecule has 1 amide bonds. The molecule has 3 heterocycles. The van der Waals surface area contributed by atoms with Crippen LogP contribution in [0.1, 0.15) is 72.9 Å². The minimum Gasteiger partial charge on any atom is -0.376 e. The molecule has 3 aliphatic rings. The Morgan fingerprint density at radius 2 is 2.00 bits per heavy atom. The monoisotopic (exact) mass is 476 g/mol. The van der Waals surface area contributed by atoms with E-state index in [0.29, 0.717) is 49.9 Å². The molecule has 1 aromatic heterocycles. The summed E-state index contributed by atoms with van der Waals surface area (Å²) in [5.74, 6) is 0.776. The van der Waals surface area contributed by atoms with E-state index in [0.717, 1.165) is 41.9 Å². The summed E-state index contributed by atoms with van der Waals surface area (Å²) in [6.07, 6.45) is 6.79. The number of fused-ring (bicyclic) bond motifs is 1. The molecule has 1 saturated heterocycles. The van der Waals surface area contributed by atoms with E-state index in [1.54, 1.807) is 18.2 Å². The molecule has 1 unspecified atom stereocenters. The van der Waals surface area contributed by atoms with Crippen molar-refractivity contribution in [2.75, 3.05) is 31.1 Å². The summed E-state index contributed by atoms with van der Waals surface area (Å²) < 4.78 is 19.9. The third kappa shape index (κ3) is 4.77. The van der Waals surface area contributed by atoms with Gasteiger partial charge in [-0.3, -0.25) is 4.79 Å². The van der Waals surface area contributed by atoms with Crippen molar-refractivity contribution in [2.24, 2.45) is 0 Å². The number of piperazine rings is 1. The van der Waals surface area contributed by atoms with Gasteiger partial charge in [-0.2, -0.15) is 5.26 Å². The van der Waals surface area contributed by atoms with Crippen molar-refractivity contribution in [1.82, 2.24) is 9.88 Å². The average Bonchev–Trinajstić information content (AvgIpc) is 2.89. The van der Waals surface area contributed by atoms with Crippen LogP contribution in [0.15, 0.2) is 24.3 Å². The van der Waals surface area contributed by atoms with Crippen molar-refractivity contribution in [3.05, 3.63) is 58.0 Å². The highest BCUT2D eigenvalue weighted by molar-refractivity contribution is 5.79. The summed E-state index contributed by atoms with van der Waals surface area (Å²) in [5.41, 5.74) is 4.46. The van der Waals surface area contributed by atoms with Gasteiger partial charge in [-0.05, 0) is 43.4 Å². The number of amides is 1. The summed E-state index contributed by atoms with van der Waals surface area (Å²) in [7, 11) is 0. The van der Waals surface area contributed by atoms with E-state index in [-0.39, 0.29) is 24.2 Å². The molecule has 0 N–H and O–H groups in total. The molecular weight excluding hydrogens is 443 g/mol. The van der Waals surface area contributed by atoms with Gasteiger partial charge in [0.2, 0.25) is 5.91 Å². The first-order chi connectivity index (χ1) is 17.1. The zero-order valence-electron chi connectivity index (χ0n) is 20.4. The number of nitriles is 1. The highest BCUT2D eigenvalue weighted by Crippen LogP contribution is 2.39. The van der Waals surface area contributed by atoms with Gasteiger partial charge in [0.15, 0.2) is 0 Å². The Morgan fingerprint density at radius 1 is 1.20 bits per heavy atom. The SMILES string of the molecule is CC1CN(c2nc(C3CCCCC3)c3c(c2C#N)CCOC3)CCN1C(=O)Cc1ccccc1F. The van der Waals surface area contributed by atoms with Crippen molar-refractivity contribution in [3.8, 4) is 6.07 Å². The molecule has 1 aliphatic carbocycles. The molecule has 1 atom stereocenters. The minimum atomic E-state index is -0.344. The Hall–Kier alpha value is -2.98. The molecule has 1 saturated carbocycles. The number of ether oxygens (including phenoxy) is 1. The van der Waals surface area contributed by atoms with Gasteiger partial charge in [0, 0.05) is 37.2 Å². The molecule has 2 aromatic rings. The number of pyridine rings is 1. The van der Waals surface area contributed by atoms with Crippen LogP contribution in [0, 0.1) is 17.1 Å². The van der Waals surface area contributed by atoms with Crippen LogP contribution in [0.5, 0.6) is 0 Å². The van der Waals surface area contributed by atoms with E-state index in [1.807, 2.05) is 11.8 Å². The normalized spacial score (nSPS) is 20.9. The molecule has 2 fully saturated rings. The predicted octanol–water partition coefficient (Wildman–Crippen LogP) is 4.49. The third-order valence-corrected chi connectivity index (χ3v) is 7.82. The first-order valence-corrected chi connectivity index (χ1v) is 12.9. The number of hydrogen-bond acceptors (Lipinski definition) is 5.